The number of pyridine rings is 1. The molecule has 0 aliphatic heterocycles. The number of hydrogen-bond acceptors (Lipinski definition) is 3. The Morgan fingerprint density at radius 2 is 1.92 bits per heavy atom. The van der Waals surface area contributed by atoms with Crippen molar-refractivity contribution in [2.45, 2.75) is 46.8 Å². The Labute approximate surface area is 153 Å². The Balaban J connectivity index is 3.19. The maximum atomic E-state index is 13.1. The molecule has 127 valence electrons. The molecular formula is C18H21BrNO3Si. The fourth-order valence-corrected chi connectivity index (χ4v) is 3.50. The molecule has 0 saturated heterocycles. The molecule has 0 aliphatic carbocycles. The van der Waals surface area contributed by atoms with Crippen LogP contribution < -0.4 is 5.56 Å². The second kappa shape index (κ2) is 6.94. The summed E-state index contributed by atoms with van der Waals surface area (Å²) in [4.78, 5) is 25.6. The molecule has 1 aromatic heterocycles. The molecule has 1 aromatic carbocycles. The highest BCUT2D eigenvalue weighted by Crippen LogP contribution is 2.35. The molecule has 2 rings (SSSR count). The largest absolute Gasteiger partial charge is 0.401 e. The van der Waals surface area contributed by atoms with Crippen molar-refractivity contribution in [3.8, 4) is 0 Å². The lowest BCUT2D eigenvalue weighted by atomic mass is 9.79. The predicted octanol–water partition coefficient (Wildman–Crippen LogP) is 3.55. The van der Waals surface area contributed by atoms with Gasteiger partial charge in [-0.1, -0.05) is 42.8 Å². The Morgan fingerprint density at radius 1 is 1.29 bits per heavy atom. The third kappa shape index (κ3) is 3.14. The highest BCUT2D eigenvalue weighted by atomic mass is 79.9. The summed E-state index contributed by atoms with van der Waals surface area (Å²) >= 11 is 3.21. The minimum absolute atomic E-state index is 0.0295. The average molecular weight is 407 g/mol. The van der Waals surface area contributed by atoms with Crippen LogP contribution >= 0.6 is 15.9 Å². The van der Waals surface area contributed by atoms with Gasteiger partial charge in [-0.05, 0) is 42.0 Å². The fraction of sp³-hybridized carbons (Fsp3) is 0.444. The number of fused-ring (bicyclic) bond motifs is 1. The van der Waals surface area contributed by atoms with Crippen LogP contribution in [0, 0.1) is 13.8 Å². The number of ketones is 1. The third-order valence-corrected chi connectivity index (χ3v) is 4.95. The van der Waals surface area contributed by atoms with Crippen LogP contribution in [0.1, 0.15) is 47.8 Å². The Kier molecular flexibility index (Phi) is 5.52. The van der Waals surface area contributed by atoms with Crippen molar-refractivity contribution in [3.63, 3.8) is 0 Å². The standard InChI is InChI=1S/C18H21BrNO3Si/c1-10-6-7-12-14(11(10)2)16(18(3,4)5)15(13(21)8-19)17(22)20(12)9-23-24/h6-7H,8-9H2,1-5H3. The SMILES string of the molecule is Cc1ccc2c(c1C)c(C(C)(C)C)c(C(=O)CBr)c(=O)n2CO[Si]. The first kappa shape index (κ1) is 19.1. The summed E-state index contributed by atoms with van der Waals surface area (Å²) in [6.45, 7) is 10.2. The lowest BCUT2D eigenvalue weighted by molar-refractivity contribution is 0.101. The van der Waals surface area contributed by atoms with Crippen molar-refractivity contribution in [2.75, 3.05) is 5.33 Å². The smallest absolute Gasteiger partial charge is 0.264 e. The van der Waals surface area contributed by atoms with E-state index in [-0.39, 0.29) is 34.4 Å². The molecule has 1 heterocycles. The van der Waals surface area contributed by atoms with E-state index in [4.69, 9.17) is 4.43 Å². The van der Waals surface area contributed by atoms with Gasteiger partial charge in [-0.3, -0.25) is 14.2 Å². The maximum Gasteiger partial charge on any atom is 0.264 e. The molecule has 0 aliphatic rings. The highest BCUT2D eigenvalue weighted by Gasteiger charge is 2.29. The molecule has 0 bridgehead atoms. The number of carbonyl (C=O) groups is 1. The molecule has 3 radical (unpaired) electrons. The monoisotopic (exact) mass is 406 g/mol. The van der Waals surface area contributed by atoms with E-state index in [1.807, 2.05) is 46.8 Å². The molecule has 0 fully saturated rings. The van der Waals surface area contributed by atoms with Crippen molar-refractivity contribution in [1.29, 1.82) is 0 Å². The van der Waals surface area contributed by atoms with Gasteiger partial charge in [0.25, 0.3) is 5.56 Å². The van der Waals surface area contributed by atoms with Crippen LogP contribution in [0.2, 0.25) is 0 Å². The van der Waals surface area contributed by atoms with Crippen molar-refractivity contribution in [1.82, 2.24) is 4.57 Å². The van der Waals surface area contributed by atoms with Gasteiger partial charge in [-0.25, -0.2) is 0 Å². The topological polar surface area (TPSA) is 48.3 Å². The molecular weight excluding hydrogens is 386 g/mol. The van der Waals surface area contributed by atoms with Gasteiger partial charge in [0, 0.05) is 5.39 Å². The first-order chi connectivity index (χ1) is 11.1. The molecule has 0 N–H and O–H groups in total. The summed E-state index contributed by atoms with van der Waals surface area (Å²) in [5, 5.41) is 1.06. The van der Waals surface area contributed by atoms with Crippen molar-refractivity contribution in [2.24, 2.45) is 0 Å². The maximum absolute atomic E-state index is 13.1. The van der Waals surface area contributed by atoms with Crippen LogP contribution in [0.5, 0.6) is 0 Å². The summed E-state index contributed by atoms with van der Waals surface area (Å²) in [6, 6.07) is 3.90. The number of hydrogen-bond donors (Lipinski definition) is 0. The third-order valence-electron chi connectivity index (χ3n) is 4.31. The van der Waals surface area contributed by atoms with Crippen LogP contribution in [0.15, 0.2) is 16.9 Å². The second-order valence-corrected chi connectivity index (χ2v) is 7.81. The van der Waals surface area contributed by atoms with Gasteiger partial charge in [-0.15, -0.1) is 0 Å². The molecule has 0 amide bonds. The minimum atomic E-state index is -0.350. The van der Waals surface area contributed by atoms with E-state index < -0.39 is 0 Å². The van der Waals surface area contributed by atoms with E-state index in [2.05, 4.69) is 26.4 Å². The van der Waals surface area contributed by atoms with Crippen LogP contribution in [0.4, 0.5) is 0 Å². The molecule has 24 heavy (non-hydrogen) atoms. The van der Waals surface area contributed by atoms with E-state index in [9.17, 15) is 9.59 Å². The van der Waals surface area contributed by atoms with Crippen molar-refractivity contribution < 1.29 is 9.22 Å². The number of Topliss-reactive ketones (excluding diaryl/α,β-unsaturated/α-hetero) is 1. The number of aromatic nitrogens is 1. The van der Waals surface area contributed by atoms with Crippen molar-refractivity contribution >= 4 is 43.1 Å². The Bertz CT molecular complexity index is 865. The molecule has 2 aromatic rings. The minimum Gasteiger partial charge on any atom is -0.401 e. The van der Waals surface area contributed by atoms with Crippen molar-refractivity contribution in [3.05, 3.63) is 44.7 Å². The van der Waals surface area contributed by atoms with E-state index in [0.29, 0.717) is 0 Å². The Morgan fingerprint density at radius 3 is 2.42 bits per heavy atom. The zero-order valence-electron chi connectivity index (χ0n) is 14.6. The van der Waals surface area contributed by atoms with Gasteiger partial charge in [-0.2, -0.15) is 0 Å². The number of alkyl halides is 1. The number of rotatable bonds is 4. The Hall–Kier alpha value is -1.24. The van der Waals surface area contributed by atoms with Crippen LogP contribution in [-0.4, -0.2) is 26.2 Å². The molecule has 0 spiro atoms. The number of nitrogens with zero attached hydrogens (tertiary/aromatic N) is 1. The van der Waals surface area contributed by atoms with Gasteiger partial charge in [0.05, 0.1) is 16.4 Å². The van der Waals surface area contributed by atoms with E-state index in [1.54, 1.807) is 0 Å². The first-order valence-corrected chi connectivity index (χ1v) is 9.23. The molecule has 0 atom stereocenters. The molecule has 6 heteroatoms. The van der Waals surface area contributed by atoms with E-state index >= 15 is 0 Å². The van der Waals surface area contributed by atoms with E-state index in [0.717, 1.165) is 27.6 Å². The quantitative estimate of drug-likeness (QED) is 0.443. The number of benzene rings is 1. The summed E-state index contributed by atoms with van der Waals surface area (Å²) in [7, 11) is 2.97. The van der Waals surface area contributed by atoms with Crippen LogP contribution in [0.25, 0.3) is 10.9 Å². The lowest BCUT2D eigenvalue weighted by Gasteiger charge is -2.27. The van der Waals surface area contributed by atoms with Gasteiger partial charge in [0.1, 0.15) is 6.73 Å². The fourth-order valence-electron chi connectivity index (χ4n) is 3.09. The van der Waals surface area contributed by atoms with Gasteiger partial charge >= 0.3 is 0 Å². The highest BCUT2D eigenvalue weighted by molar-refractivity contribution is 9.09. The summed E-state index contributed by atoms with van der Waals surface area (Å²) in [6.07, 6.45) is 0. The second-order valence-electron chi connectivity index (χ2n) is 6.97. The number of aryl methyl sites for hydroxylation is 2. The normalized spacial score (nSPS) is 12.0. The predicted molar refractivity (Wildman–Crippen MR) is 101 cm³/mol. The van der Waals surface area contributed by atoms with E-state index in [1.165, 1.54) is 4.57 Å². The molecule has 0 unspecified atom stereocenters. The number of carbonyl (C=O) groups excluding carboxylic acids is 1. The van der Waals surface area contributed by atoms with Gasteiger partial charge in [0.2, 0.25) is 10.5 Å². The van der Waals surface area contributed by atoms with Crippen LogP contribution in [0.3, 0.4) is 0 Å². The summed E-state index contributed by atoms with van der Waals surface area (Å²) in [5.41, 5.74) is 3.34. The van der Waals surface area contributed by atoms with Gasteiger partial charge in [0.15, 0.2) is 5.78 Å². The number of halogens is 1. The average Bonchev–Trinajstić information content (AvgIpc) is 2.51. The lowest BCUT2D eigenvalue weighted by Crippen LogP contribution is -2.33. The zero-order chi connectivity index (χ0) is 18.2. The summed E-state index contributed by atoms with van der Waals surface area (Å²) < 4.78 is 6.53. The summed E-state index contributed by atoms with van der Waals surface area (Å²) in [5.74, 6) is -0.213. The van der Waals surface area contributed by atoms with Gasteiger partial charge < -0.3 is 4.43 Å². The molecule has 4 nitrogen and oxygen atoms in total. The molecule has 0 saturated carbocycles. The zero-order valence-corrected chi connectivity index (χ0v) is 17.2. The first-order valence-electron chi connectivity index (χ1n) is 7.70. The van der Waals surface area contributed by atoms with Crippen LogP contribution in [-0.2, 0) is 16.6 Å².